The van der Waals surface area contributed by atoms with Gasteiger partial charge in [0.05, 0.1) is 10.8 Å². The monoisotopic (exact) mass is 314 g/mol. The van der Waals surface area contributed by atoms with Gasteiger partial charge in [0.15, 0.2) is 0 Å². The third-order valence-corrected chi connectivity index (χ3v) is 5.29. The second kappa shape index (κ2) is 6.00. The van der Waals surface area contributed by atoms with Crippen LogP contribution >= 0.6 is 0 Å². The van der Waals surface area contributed by atoms with Crippen LogP contribution in [-0.4, -0.2) is 4.21 Å². The highest BCUT2D eigenvalue weighted by atomic mass is 32.2. The molecule has 0 N–H and O–H groups in total. The van der Waals surface area contributed by atoms with Crippen LogP contribution in [0, 0.1) is 0 Å². The number of benzene rings is 2. The number of rotatable bonds is 2. The fraction of sp³-hybridized carbons (Fsp3) is 0.400. The van der Waals surface area contributed by atoms with Crippen molar-refractivity contribution in [3.05, 3.63) is 59.7 Å². The van der Waals surface area contributed by atoms with Gasteiger partial charge in [-0.05, 0) is 40.2 Å². The van der Waals surface area contributed by atoms with E-state index in [9.17, 15) is 4.21 Å². The Morgan fingerprint density at radius 3 is 1.77 bits per heavy atom. The third-order valence-electron chi connectivity index (χ3n) is 3.83. The minimum atomic E-state index is -1.14. The molecule has 1 unspecified atom stereocenters. The lowest BCUT2D eigenvalue weighted by Crippen LogP contribution is -2.15. The van der Waals surface area contributed by atoms with Gasteiger partial charge < -0.3 is 0 Å². The summed E-state index contributed by atoms with van der Waals surface area (Å²) in [6.45, 7) is 13.0. The molecule has 0 saturated carbocycles. The van der Waals surface area contributed by atoms with Crippen LogP contribution in [0.1, 0.15) is 52.7 Å². The Labute approximate surface area is 137 Å². The topological polar surface area (TPSA) is 17.1 Å². The molecule has 0 aliphatic rings. The zero-order valence-electron chi connectivity index (χ0n) is 14.4. The van der Waals surface area contributed by atoms with Crippen molar-refractivity contribution in [2.45, 2.75) is 62.2 Å². The maximum atomic E-state index is 13.0. The molecular formula is C20H26OS. The second-order valence-corrected chi connectivity index (χ2v) is 9.24. The van der Waals surface area contributed by atoms with Gasteiger partial charge in [0.2, 0.25) is 0 Å². The van der Waals surface area contributed by atoms with Crippen LogP contribution < -0.4 is 0 Å². The first-order valence-electron chi connectivity index (χ1n) is 7.72. The largest absolute Gasteiger partial charge is 0.249 e. The lowest BCUT2D eigenvalue weighted by Gasteiger charge is -2.23. The highest BCUT2D eigenvalue weighted by molar-refractivity contribution is 7.85. The summed E-state index contributed by atoms with van der Waals surface area (Å²) in [5.74, 6) is 0. The molecule has 0 radical (unpaired) electrons. The fourth-order valence-corrected chi connectivity index (χ4v) is 3.87. The maximum Gasteiger partial charge on any atom is 0.0852 e. The lowest BCUT2D eigenvalue weighted by atomic mass is 9.87. The Bertz CT molecular complexity index is 670. The first-order valence-corrected chi connectivity index (χ1v) is 8.87. The van der Waals surface area contributed by atoms with Crippen molar-refractivity contribution in [2.24, 2.45) is 0 Å². The minimum Gasteiger partial charge on any atom is -0.249 e. The van der Waals surface area contributed by atoms with Gasteiger partial charge in [-0.25, -0.2) is 4.21 Å². The summed E-state index contributed by atoms with van der Waals surface area (Å²) in [6, 6.07) is 16.2. The van der Waals surface area contributed by atoms with Crippen LogP contribution in [-0.2, 0) is 21.6 Å². The van der Waals surface area contributed by atoms with Crippen molar-refractivity contribution in [2.75, 3.05) is 0 Å². The van der Waals surface area contributed by atoms with E-state index in [0.717, 1.165) is 15.4 Å². The van der Waals surface area contributed by atoms with Crippen molar-refractivity contribution in [3.8, 4) is 0 Å². The van der Waals surface area contributed by atoms with Crippen LogP contribution in [0.4, 0.5) is 0 Å². The van der Waals surface area contributed by atoms with Crippen LogP contribution in [0.3, 0.4) is 0 Å². The molecule has 0 aliphatic carbocycles. The predicted octanol–water partition coefficient (Wildman–Crippen LogP) is 5.45. The van der Waals surface area contributed by atoms with E-state index in [-0.39, 0.29) is 10.8 Å². The molecule has 22 heavy (non-hydrogen) atoms. The van der Waals surface area contributed by atoms with Crippen LogP contribution in [0.15, 0.2) is 58.3 Å². The summed E-state index contributed by atoms with van der Waals surface area (Å²) in [6.07, 6.45) is 0. The van der Waals surface area contributed by atoms with Crippen molar-refractivity contribution < 1.29 is 4.21 Å². The molecule has 0 heterocycles. The molecule has 0 saturated heterocycles. The average molecular weight is 314 g/mol. The molecule has 2 rings (SSSR count). The fourth-order valence-electron chi connectivity index (χ4n) is 2.45. The molecule has 0 aliphatic heterocycles. The van der Waals surface area contributed by atoms with Crippen molar-refractivity contribution in [1.29, 1.82) is 0 Å². The van der Waals surface area contributed by atoms with Gasteiger partial charge in [0, 0.05) is 9.79 Å². The average Bonchev–Trinajstić information content (AvgIpc) is 2.45. The van der Waals surface area contributed by atoms with Crippen molar-refractivity contribution >= 4 is 10.8 Å². The van der Waals surface area contributed by atoms with E-state index in [1.54, 1.807) is 0 Å². The zero-order chi connectivity index (χ0) is 16.5. The van der Waals surface area contributed by atoms with Crippen LogP contribution in [0.5, 0.6) is 0 Å². The third kappa shape index (κ3) is 3.67. The molecule has 1 atom stereocenters. The summed E-state index contributed by atoms with van der Waals surface area (Å²) in [7, 11) is -1.14. The molecule has 1 nitrogen and oxygen atoms in total. The molecular weight excluding hydrogens is 288 g/mol. The van der Waals surface area contributed by atoms with Crippen LogP contribution in [0.25, 0.3) is 0 Å². The number of hydrogen-bond acceptors (Lipinski definition) is 1. The van der Waals surface area contributed by atoms with Crippen molar-refractivity contribution in [3.63, 3.8) is 0 Å². The summed E-state index contributed by atoms with van der Waals surface area (Å²) < 4.78 is 13.0. The van der Waals surface area contributed by atoms with E-state index in [4.69, 9.17) is 0 Å². The van der Waals surface area contributed by atoms with E-state index in [0.29, 0.717) is 0 Å². The standard InChI is InChI=1S/C20H26OS/c1-19(2,3)15-11-13-16(14-12-15)22(21)18-10-8-7-9-17(18)20(4,5)6/h7-14H,1-6H3. The molecule has 0 bridgehead atoms. The highest BCUT2D eigenvalue weighted by Gasteiger charge is 2.21. The Hall–Kier alpha value is -1.41. The van der Waals surface area contributed by atoms with E-state index in [1.165, 1.54) is 5.56 Å². The van der Waals surface area contributed by atoms with E-state index < -0.39 is 10.8 Å². The van der Waals surface area contributed by atoms with E-state index >= 15 is 0 Å². The van der Waals surface area contributed by atoms with Gasteiger partial charge in [0.1, 0.15) is 0 Å². The smallest absolute Gasteiger partial charge is 0.0852 e. The summed E-state index contributed by atoms with van der Waals surface area (Å²) in [4.78, 5) is 1.78. The summed E-state index contributed by atoms with van der Waals surface area (Å²) in [5, 5.41) is 0. The zero-order valence-corrected chi connectivity index (χ0v) is 15.3. The van der Waals surface area contributed by atoms with Crippen LogP contribution in [0.2, 0.25) is 0 Å². The molecule has 2 aromatic rings. The Balaban J connectivity index is 2.42. The minimum absolute atomic E-state index is 0.0163. The molecule has 2 heteroatoms. The SMILES string of the molecule is CC(C)(C)c1ccc(S(=O)c2ccccc2C(C)(C)C)cc1. The van der Waals surface area contributed by atoms with Crippen molar-refractivity contribution in [1.82, 2.24) is 0 Å². The predicted molar refractivity (Wildman–Crippen MR) is 95.0 cm³/mol. The van der Waals surface area contributed by atoms with Gasteiger partial charge in [-0.15, -0.1) is 0 Å². The molecule has 0 amide bonds. The van der Waals surface area contributed by atoms with E-state index in [2.05, 4.69) is 59.7 Å². The van der Waals surface area contributed by atoms with E-state index in [1.807, 2.05) is 30.3 Å². The summed E-state index contributed by atoms with van der Waals surface area (Å²) in [5.41, 5.74) is 2.51. The molecule has 2 aromatic carbocycles. The van der Waals surface area contributed by atoms with Gasteiger partial charge in [-0.1, -0.05) is 71.9 Å². The van der Waals surface area contributed by atoms with Gasteiger partial charge in [-0.3, -0.25) is 0 Å². The quantitative estimate of drug-likeness (QED) is 0.720. The van der Waals surface area contributed by atoms with Gasteiger partial charge in [-0.2, -0.15) is 0 Å². The number of hydrogen-bond donors (Lipinski definition) is 0. The maximum absolute atomic E-state index is 13.0. The second-order valence-electron chi connectivity index (χ2n) is 7.79. The first-order chi connectivity index (χ1) is 10.1. The Morgan fingerprint density at radius 2 is 1.27 bits per heavy atom. The Kier molecular flexibility index (Phi) is 4.62. The molecule has 118 valence electrons. The molecule has 0 aromatic heterocycles. The van der Waals surface area contributed by atoms with Gasteiger partial charge in [0.25, 0.3) is 0 Å². The first kappa shape index (κ1) is 17.0. The van der Waals surface area contributed by atoms with Gasteiger partial charge >= 0.3 is 0 Å². The summed E-state index contributed by atoms with van der Waals surface area (Å²) >= 11 is 0. The molecule has 0 spiro atoms. The lowest BCUT2D eigenvalue weighted by molar-refractivity contribution is 0.575. The Morgan fingerprint density at radius 1 is 0.727 bits per heavy atom. The molecule has 0 fully saturated rings. The highest BCUT2D eigenvalue weighted by Crippen LogP contribution is 2.31. The normalized spacial score (nSPS) is 13.9.